The number of hydrogen-bond acceptors (Lipinski definition) is 4. The molecule has 0 amide bonds. The minimum absolute atomic E-state index is 0.0951. The van der Waals surface area contributed by atoms with Crippen molar-refractivity contribution in [2.45, 2.75) is 43.7 Å². The Labute approximate surface area is 167 Å². The summed E-state index contributed by atoms with van der Waals surface area (Å²) in [6.07, 6.45) is 3.84. The van der Waals surface area contributed by atoms with Crippen molar-refractivity contribution >= 4 is 10.0 Å². The molecule has 2 aromatic carbocycles. The molecule has 0 saturated heterocycles. The van der Waals surface area contributed by atoms with Crippen LogP contribution in [0.25, 0.3) is 0 Å². The lowest BCUT2D eigenvalue weighted by Gasteiger charge is -2.39. The van der Waals surface area contributed by atoms with E-state index in [9.17, 15) is 13.7 Å². The van der Waals surface area contributed by atoms with Crippen molar-refractivity contribution in [3.8, 4) is 11.8 Å². The van der Waals surface area contributed by atoms with Crippen LogP contribution < -0.4 is 4.74 Å². The highest BCUT2D eigenvalue weighted by Crippen LogP contribution is 2.42. The Balaban J connectivity index is 1.80. The van der Waals surface area contributed by atoms with Crippen molar-refractivity contribution in [1.82, 2.24) is 4.31 Å². The minimum Gasteiger partial charge on any atom is -0.497 e. The fourth-order valence-electron chi connectivity index (χ4n) is 4.05. The Kier molecular flexibility index (Phi) is 6.07. The van der Waals surface area contributed by atoms with Crippen LogP contribution >= 0.6 is 0 Å². The summed E-state index contributed by atoms with van der Waals surface area (Å²) in [5, 5.41) is 9.96. The lowest BCUT2D eigenvalue weighted by atomic mass is 9.69. The van der Waals surface area contributed by atoms with Crippen LogP contribution in [-0.2, 0) is 22.0 Å². The van der Waals surface area contributed by atoms with Gasteiger partial charge in [0.1, 0.15) is 5.75 Å². The van der Waals surface area contributed by atoms with Gasteiger partial charge < -0.3 is 4.74 Å². The summed E-state index contributed by atoms with van der Waals surface area (Å²) in [4.78, 5) is 0. The first-order valence-electron chi connectivity index (χ1n) is 9.44. The molecule has 2 aromatic rings. The molecular weight excluding hydrogens is 372 g/mol. The van der Waals surface area contributed by atoms with Crippen molar-refractivity contribution in [2.75, 3.05) is 13.4 Å². The van der Waals surface area contributed by atoms with Gasteiger partial charge >= 0.3 is 0 Å². The van der Waals surface area contributed by atoms with Crippen LogP contribution in [0.5, 0.6) is 5.75 Å². The van der Waals surface area contributed by atoms with Crippen molar-refractivity contribution in [3.05, 3.63) is 65.7 Å². The van der Waals surface area contributed by atoms with E-state index in [2.05, 4.69) is 6.07 Å². The molecule has 0 aliphatic heterocycles. The molecule has 0 unspecified atom stereocenters. The first kappa shape index (κ1) is 20.4. The molecular formula is C22H26N2O3S. The predicted octanol–water partition coefficient (Wildman–Crippen LogP) is 3.86. The Morgan fingerprint density at radius 1 is 1.14 bits per heavy atom. The average Bonchev–Trinajstić information content (AvgIpc) is 2.72. The molecule has 0 N–H and O–H groups in total. The van der Waals surface area contributed by atoms with Crippen LogP contribution in [0.4, 0.5) is 0 Å². The average molecular weight is 399 g/mol. The summed E-state index contributed by atoms with van der Waals surface area (Å²) in [6, 6.07) is 19.7. The van der Waals surface area contributed by atoms with E-state index in [4.69, 9.17) is 4.74 Å². The molecule has 1 aliphatic carbocycles. The molecule has 5 nitrogen and oxygen atoms in total. The van der Waals surface area contributed by atoms with Gasteiger partial charge in [0.05, 0.1) is 24.8 Å². The fraction of sp³-hybridized carbons (Fsp3) is 0.409. The van der Waals surface area contributed by atoms with Crippen LogP contribution in [0.3, 0.4) is 0 Å². The highest BCUT2D eigenvalue weighted by Gasteiger charge is 2.40. The van der Waals surface area contributed by atoms with Crippen LogP contribution in [-0.4, -0.2) is 32.1 Å². The highest BCUT2D eigenvalue weighted by molar-refractivity contribution is 7.88. The Bertz CT molecular complexity index is 943. The topological polar surface area (TPSA) is 70.4 Å². The number of methoxy groups -OCH3 is 1. The van der Waals surface area contributed by atoms with Gasteiger partial charge in [-0.1, -0.05) is 42.5 Å². The maximum absolute atomic E-state index is 12.5. The lowest BCUT2D eigenvalue weighted by molar-refractivity contribution is 0.212. The molecule has 0 aromatic heterocycles. The van der Waals surface area contributed by atoms with Gasteiger partial charge in [0.2, 0.25) is 10.0 Å². The third-order valence-electron chi connectivity index (χ3n) is 5.66. The van der Waals surface area contributed by atoms with Gasteiger partial charge in [-0.25, -0.2) is 8.42 Å². The van der Waals surface area contributed by atoms with Crippen LogP contribution in [0.1, 0.15) is 36.8 Å². The van der Waals surface area contributed by atoms with E-state index in [-0.39, 0.29) is 6.04 Å². The molecule has 28 heavy (non-hydrogen) atoms. The molecule has 0 heterocycles. The maximum atomic E-state index is 12.5. The van der Waals surface area contributed by atoms with E-state index in [1.54, 1.807) is 11.4 Å². The maximum Gasteiger partial charge on any atom is 0.211 e. The van der Waals surface area contributed by atoms with Gasteiger partial charge in [0, 0.05) is 12.6 Å². The zero-order valence-corrected chi connectivity index (χ0v) is 17.2. The van der Waals surface area contributed by atoms with E-state index in [0.717, 1.165) is 16.9 Å². The van der Waals surface area contributed by atoms with Crippen molar-refractivity contribution in [1.29, 1.82) is 5.26 Å². The van der Waals surface area contributed by atoms with Gasteiger partial charge in [-0.15, -0.1) is 0 Å². The second-order valence-electron chi connectivity index (χ2n) is 7.45. The zero-order chi connectivity index (χ0) is 20.2. The number of sulfonamides is 1. The van der Waals surface area contributed by atoms with E-state index >= 15 is 0 Å². The zero-order valence-electron chi connectivity index (χ0n) is 16.3. The smallest absolute Gasteiger partial charge is 0.211 e. The monoisotopic (exact) mass is 398 g/mol. The van der Waals surface area contributed by atoms with Crippen LogP contribution in [0.15, 0.2) is 54.6 Å². The van der Waals surface area contributed by atoms with Gasteiger partial charge in [0.25, 0.3) is 0 Å². The number of ether oxygens (including phenoxy) is 1. The molecule has 1 saturated carbocycles. The predicted molar refractivity (Wildman–Crippen MR) is 109 cm³/mol. The number of nitriles is 1. The van der Waals surface area contributed by atoms with Crippen LogP contribution in [0, 0.1) is 11.3 Å². The molecule has 3 rings (SSSR count). The molecule has 0 spiro atoms. The van der Waals surface area contributed by atoms with Crippen molar-refractivity contribution < 1.29 is 13.2 Å². The Morgan fingerprint density at radius 2 is 1.82 bits per heavy atom. The number of hydrogen-bond donors (Lipinski definition) is 0. The summed E-state index contributed by atoms with van der Waals surface area (Å²) in [5.41, 5.74) is 1.32. The molecule has 1 fully saturated rings. The van der Waals surface area contributed by atoms with Gasteiger partial charge in [-0.2, -0.15) is 9.57 Å². The number of rotatable bonds is 6. The van der Waals surface area contributed by atoms with Crippen molar-refractivity contribution in [3.63, 3.8) is 0 Å². The minimum atomic E-state index is -3.35. The SMILES string of the molecule is COc1cccc([C@]2(C#N)CC[C@H](N(Cc3ccccc3)S(C)(=O)=O)CC2)c1. The quantitative estimate of drug-likeness (QED) is 0.741. The summed E-state index contributed by atoms with van der Waals surface area (Å²) in [5.74, 6) is 0.732. The third-order valence-corrected chi connectivity index (χ3v) is 6.94. The molecule has 148 valence electrons. The highest BCUT2D eigenvalue weighted by atomic mass is 32.2. The van der Waals surface area contributed by atoms with E-state index in [0.29, 0.717) is 32.2 Å². The summed E-state index contributed by atoms with van der Waals surface area (Å²) >= 11 is 0. The largest absolute Gasteiger partial charge is 0.497 e. The molecule has 6 heteroatoms. The summed E-state index contributed by atoms with van der Waals surface area (Å²) < 4.78 is 31.8. The molecule has 0 radical (unpaired) electrons. The van der Waals surface area contributed by atoms with E-state index in [1.807, 2.05) is 54.6 Å². The third kappa shape index (κ3) is 4.37. The molecule has 0 atom stereocenters. The summed E-state index contributed by atoms with van der Waals surface area (Å²) in [7, 11) is -1.74. The van der Waals surface area contributed by atoms with Gasteiger partial charge in [-0.3, -0.25) is 0 Å². The molecule has 0 bridgehead atoms. The normalized spacial score (nSPS) is 22.6. The van der Waals surface area contributed by atoms with E-state index in [1.165, 1.54) is 6.26 Å². The molecule has 1 aliphatic rings. The van der Waals surface area contributed by atoms with Crippen LogP contribution in [0.2, 0.25) is 0 Å². The second kappa shape index (κ2) is 8.34. The number of benzene rings is 2. The summed E-state index contributed by atoms with van der Waals surface area (Å²) in [6.45, 7) is 0.364. The van der Waals surface area contributed by atoms with E-state index < -0.39 is 15.4 Å². The first-order chi connectivity index (χ1) is 13.4. The van der Waals surface area contributed by atoms with Gasteiger partial charge in [0.15, 0.2) is 0 Å². The number of nitrogens with zero attached hydrogens (tertiary/aromatic N) is 2. The van der Waals surface area contributed by atoms with Crippen molar-refractivity contribution in [2.24, 2.45) is 0 Å². The second-order valence-corrected chi connectivity index (χ2v) is 9.39. The Hall–Kier alpha value is -2.36. The van der Waals surface area contributed by atoms with Gasteiger partial charge in [-0.05, 0) is 48.9 Å². The Morgan fingerprint density at radius 3 is 2.39 bits per heavy atom. The lowest BCUT2D eigenvalue weighted by Crippen LogP contribution is -2.44. The first-order valence-corrected chi connectivity index (χ1v) is 11.3. The fourth-order valence-corrected chi connectivity index (χ4v) is 5.19. The standard InChI is InChI=1S/C22H26N2O3S/c1-27-21-10-6-9-19(15-21)22(17-23)13-11-20(12-14-22)24(28(2,25)26)16-18-7-4-3-5-8-18/h3-10,15,20H,11-14,16H2,1-2H3/t20-,22+.